The number of nitrogens with zero attached hydrogens (tertiary/aromatic N) is 2. The largest absolute Gasteiger partial charge is 0.399 e. The molecule has 2 rings (SSSR count). The molecule has 1 heterocycles. The second-order valence-corrected chi connectivity index (χ2v) is 7.33. The lowest BCUT2D eigenvalue weighted by molar-refractivity contribution is 0.600. The average Bonchev–Trinajstić information content (AvgIpc) is 2.73. The van der Waals surface area contributed by atoms with Crippen LogP contribution in [0, 0.1) is 0 Å². The Morgan fingerprint density at radius 2 is 1.95 bits per heavy atom. The molecule has 0 radical (unpaired) electrons. The quantitative estimate of drug-likeness (QED) is 0.739. The number of hydrogen-bond acceptors (Lipinski definition) is 4. The maximum atomic E-state index is 12.4. The van der Waals surface area contributed by atoms with Crippen LogP contribution in [0.4, 0.5) is 11.4 Å². The topological polar surface area (TPSA) is 90.0 Å². The Morgan fingerprint density at radius 3 is 2.45 bits per heavy atom. The molecule has 0 aliphatic carbocycles. The number of nitrogens with one attached hydrogen (secondary N) is 1. The van der Waals surface area contributed by atoms with Gasteiger partial charge < -0.3 is 5.73 Å². The summed E-state index contributed by atoms with van der Waals surface area (Å²) < 4.78 is 29.7. The molecule has 0 amide bonds. The van der Waals surface area contributed by atoms with Gasteiger partial charge in [0.15, 0.2) is 0 Å². The fourth-order valence-corrected chi connectivity index (χ4v) is 5.28. The van der Waals surface area contributed by atoms with E-state index in [1.54, 1.807) is 10.9 Å². The second kappa shape index (κ2) is 5.74. The fourth-order valence-electron chi connectivity index (χ4n) is 1.63. The molecule has 0 atom stereocenters. The van der Waals surface area contributed by atoms with Crippen LogP contribution in [0.25, 0.3) is 0 Å². The van der Waals surface area contributed by atoms with E-state index in [1.807, 2.05) is 6.92 Å². The highest BCUT2D eigenvalue weighted by Gasteiger charge is 2.22. The third kappa shape index (κ3) is 3.15. The van der Waals surface area contributed by atoms with Crippen LogP contribution >= 0.6 is 31.9 Å². The maximum Gasteiger partial charge on any atom is 0.264 e. The molecule has 108 valence electrons. The maximum absolute atomic E-state index is 12.4. The Balaban J connectivity index is 2.40. The van der Waals surface area contributed by atoms with Gasteiger partial charge in [-0.25, -0.2) is 8.42 Å². The number of anilines is 2. The molecule has 0 spiro atoms. The van der Waals surface area contributed by atoms with Gasteiger partial charge in [0.25, 0.3) is 10.0 Å². The predicted octanol–water partition coefficient (Wildman–Crippen LogP) is 2.81. The molecule has 1 aromatic carbocycles. The predicted molar refractivity (Wildman–Crippen MR) is 85.0 cm³/mol. The van der Waals surface area contributed by atoms with Gasteiger partial charge in [0.1, 0.15) is 4.90 Å². The number of nitrogen functional groups attached to an aromatic ring is 1. The van der Waals surface area contributed by atoms with Crippen molar-refractivity contribution >= 4 is 53.3 Å². The molecule has 6 nitrogen and oxygen atoms in total. The zero-order chi connectivity index (χ0) is 14.9. The molecule has 2 aromatic rings. The van der Waals surface area contributed by atoms with Gasteiger partial charge in [-0.3, -0.25) is 9.40 Å². The molecular formula is C11H12Br2N4O2S. The van der Waals surface area contributed by atoms with Crippen molar-refractivity contribution < 1.29 is 8.42 Å². The summed E-state index contributed by atoms with van der Waals surface area (Å²) in [6.07, 6.45) is 3.08. The summed E-state index contributed by atoms with van der Waals surface area (Å²) in [7, 11) is -3.74. The number of rotatable bonds is 4. The van der Waals surface area contributed by atoms with E-state index in [-0.39, 0.29) is 4.90 Å². The zero-order valence-corrected chi connectivity index (χ0v) is 14.5. The minimum Gasteiger partial charge on any atom is -0.399 e. The van der Waals surface area contributed by atoms with Crippen LogP contribution in [-0.2, 0) is 16.6 Å². The molecular weight excluding hydrogens is 412 g/mol. The average molecular weight is 424 g/mol. The first-order valence-electron chi connectivity index (χ1n) is 5.63. The first-order chi connectivity index (χ1) is 9.33. The van der Waals surface area contributed by atoms with E-state index in [0.29, 0.717) is 26.9 Å². The standard InChI is InChI=1S/C11H12Br2N4O2S/c1-2-17-6-8(5-15-17)16-20(18,19)11-9(12)3-7(14)4-10(11)13/h3-6,16H,2,14H2,1H3. The van der Waals surface area contributed by atoms with E-state index in [0.717, 1.165) is 0 Å². The number of benzene rings is 1. The molecule has 0 unspecified atom stereocenters. The Bertz CT molecular complexity index is 720. The van der Waals surface area contributed by atoms with Crippen LogP contribution in [0.3, 0.4) is 0 Å². The van der Waals surface area contributed by atoms with E-state index in [4.69, 9.17) is 5.73 Å². The van der Waals surface area contributed by atoms with Gasteiger partial charge >= 0.3 is 0 Å². The monoisotopic (exact) mass is 422 g/mol. The van der Waals surface area contributed by atoms with Crippen LogP contribution in [-0.4, -0.2) is 18.2 Å². The number of hydrogen-bond donors (Lipinski definition) is 2. The smallest absolute Gasteiger partial charge is 0.264 e. The molecule has 0 aliphatic rings. The zero-order valence-electron chi connectivity index (χ0n) is 10.5. The van der Waals surface area contributed by atoms with E-state index < -0.39 is 10.0 Å². The van der Waals surface area contributed by atoms with Crippen LogP contribution in [0.1, 0.15) is 6.92 Å². The van der Waals surface area contributed by atoms with Crippen molar-refractivity contribution in [3.8, 4) is 0 Å². The highest BCUT2D eigenvalue weighted by molar-refractivity contribution is 9.11. The molecule has 0 bridgehead atoms. The molecule has 0 aliphatic heterocycles. The summed E-state index contributed by atoms with van der Waals surface area (Å²) in [4.78, 5) is 0.0935. The van der Waals surface area contributed by atoms with Gasteiger partial charge in [-0.05, 0) is 50.9 Å². The first-order valence-corrected chi connectivity index (χ1v) is 8.70. The Labute approximate surface area is 133 Å². The number of aromatic nitrogens is 2. The number of nitrogens with two attached hydrogens (primary N) is 1. The molecule has 3 N–H and O–H groups in total. The second-order valence-electron chi connectivity index (χ2n) is 4.00. The highest BCUT2D eigenvalue weighted by atomic mass is 79.9. The molecule has 0 fully saturated rings. The van der Waals surface area contributed by atoms with Crippen molar-refractivity contribution in [2.75, 3.05) is 10.5 Å². The third-order valence-corrected chi connectivity index (χ3v) is 5.76. The van der Waals surface area contributed by atoms with E-state index >= 15 is 0 Å². The summed E-state index contributed by atoms with van der Waals surface area (Å²) in [6.45, 7) is 2.58. The Morgan fingerprint density at radius 1 is 1.35 bits per heavy atom. The van der Waals surface area contributed by atoms with Crippen molar-refractivity contribution in [2.24, 2.45) is 0 Å². The third-order valence-electron chi connectivity index (χ3n) is 2.50. The summed E-state index contributed by atoms with van der Waals surface area (Å²) in [5.74, 6) is 0. The van der Waals surface area contributed by atoms with E-state index in [1.165, 1.54) is 18.3 Å². The summed E-state index contributed by atoms with van der Waals surface area (Å²) in [6, 6.07) is 3.07. The van der Waals surface area contributed by atoms with Crippen molar-refractivity contribution in [3.63, 3.8) is 0 Å². The number of sulfonamides is 1. The lowest BCUT2D eigenvalue weighted by Gasteiger charge is -2.10. The van der Waals surface area contributed by atoms with Crippen LogP contribution in [0.15, 0.2) is 38.4 Å². The van der Waals surface area contributed by atoms with E-state index in [9.17, 15) is 8.42 Å². The molecule has 1 aromatic heterocycles. The van der Waals surface area contributed by atoms with E-state index in [2.05, 4.69) is 41.7 Å². The Kier molecular flexibility index (Phi) is 4.40. The van der Waals surface area contributed by atoms with Crippen LogP contribution in [0.5, 0.6) is 0 Å². The lowest BCUT2D eigenvalue weighted by Crippen LogP contribution is -2.14. The van der Waals surface area contributed by atoms with Crippen LogP contribution in [0.2, 0.25) is 0 Å². The van der Waals surface area contributed by atoms with Crippen molar-refractivity contribution in [3.05, 3.63) is 33.5 Å². The first kappa shape index (κ1) is 15.3. The molecule has 0 saturated carbocycles. The molecule has 20 heavy (non-hydrogen) atoms. The molecule has 0 saturated heterocycles. The van der Waals surface area contributed by atoms with Gasteiger partial charge in [0, 0.05) is 27.4 Å². The highest BCUT2D eigenvalue weighted by Crippen LogP contribution is 2.33. The molecule has 9 heteroatoms. The van der Waals surface area contributed by atoms with Crippen molar-refractivity contribution in [1.82, 2.24) is 9.78 Å². The minimum absolute atomic E-state index is 0.0935. The Hall–Kier alpha value is -1.06. The summed E-state index contributed by atoms with van der Waals surface area (Å²) in [5, 5.41) is 4.02. The van der Waals surface area contributed by atoms with Gasteiger partial charge in [-0.15, -0.1) is 0 Å². The fraction of sp³-hybridized carbons (Fsp3) is 0.182. The normalized spacial score (nSPS) is 11.6. The van der Waals surface area contributed by atoms with Gasteiger partial charge in [0.05, 0.1) is 11.9 Å². The number of halogens is 2. The lowest BCUT2D eigenvalue weighted by atomic mass is 10.3. The minimum atomic E-state index is -3.74. The summed E-state index contributed by atoms with van der Waals surface area (Å²) in [5.41, 5.74) is 6.52. The summed E-state index contributed by atoms with van der Waals surface area (Å²) >= 11 is 6.43. The van der Waals surface area contributed by atoms with Gasteiger partial charge in [0.2, 0.25) is 0 Å². The van der Waals surface area contributed by atoms with Gasteiger partial charge in [-0.1, -0.05) is 0 Å². The van der Waals surface area contributed by atoms with Crippen molar-refractivity contribution in [1.29, 1.82) is 0 Å². The van der Waals surface area contributed by atoms with Crippen LogP contribution < -0.4 is 10.5 Å². The van der Waals surface area contributed by atoms with Gasteiger partial charge in [-0.2, -0.15) is 5.10 Å². The number of aryl methyl sites for hydroxylation is 1. The van der Waals surface area contributed by atoms with Crippen molar-refractivity contribution in [2.45, 2.75) is 18.4 Å². The SMILES string of the molecule is CCn1cc(NS(=O)(=O)c2c(Br)cc(N)cc2Br)cn1.